The highest BCUT2D eigenvalue weighted by molar-refractivity contribution is 6.00. The van der Waals surface area contributed by atoms with Crippen LogP contribution in [0.5, 0.6) is 0 Å². The van der Waals surface area contributed by atoms with Gasteiger partial charge >= 0.3 is 5.97 Å². The number of ether oxygens (including phenoxy) is 1. The standard InChI is InChI=1S/C22H22N2O4/c1-13-9-19(15(3)24(13)21-10-14(2)28-23-21)20(25)12-27-22(26)18-8-7-16-5-4-6-17(16)11-18/h7-11H,4-6,12H2,1-3H3. The smallest absolute Gasteiger partial charge is 0.338 e. The molecule has 0 radical (unpaired) electrons. The van der Waals surface area contributed by atoms with E-state index in [4.69, 9.17) is 9.26 Å². The maximum Gasteiger partial charge on any atom is 0.338 e. The average Bonchev–Trinajstić information content (AvgIpc) is 3.38. The van der Waals surface area contributed by atoms with Gasteiger partial charge in [-0.2, -0.15) is 0 Å². The van der Waals surface area contributed by atoms with Gasteiger partial charge in [0.05, 0.1) is 5.56 Å². The van der Waals surface area contributed by atoms with Gasteiger partial charge in [-0.3, -0.25) is 9.36 Å². The first-order chi connectivity index (χ1) is 13.4. The Kier molecular flexibility index (Phi) is 4.63. The zero-order valence-electron chi connectivity index (χ0n) is 16.2. The molecule has 0 spiro atoms. The van der Waals surface area contributed by atoms with Crippen molar-refractivity contribution < 1.29 is 18.8 Å². The number of aryl methyl sites for hydroxylation is 4. The van der Waals surface area contributed by atoms with Crippen LogP contribution in [0.25, 0.3) is 5.82 Å². The highest BCUT2D eigenvalue weighted by atomic mass is 16.5. The molecule has 0 amide bonds. The molecule has 0 aliphatic heterocycles. The fourth-order valence-corrected chi connectivity index (χ4v) is 3.85. The van der Waals surface area contributed by atoms with Crippen LogP contribution < -0.4 is 0 Å². The summed E-state index contributed by atoms with van der Waals surface area (Å²) in [6.07, 6.45) is 3.17. The molecule has 2 heterocycles. The van der Waals surface area contributed by atoms with Crippen LogP contribution >= 0.6 is 0 Å². The first kappa shape index (κ1) is 18.2. The number of esters is 1. The van der Waals surface area contributed by atoms with Crippen LogP contribution in [-0.2, 0) is 17.6 Å². The summed E-state index contributed by atoms with van der Waals surface area (Å²) in [7, 11) is 0. The Morgan fingerprint density at radius 2 is 1.89 bits per heavy atom. The lowest BCUT2D eigenvalue weighted by atomic mass is 10.1. The molecule has 0 N–H and O–H groups in total. The third kappa shape index (κ3) is 3.26. The van der Waals surface area contributed by atoms with E-state index < -0.39 is 5.97 Å². The Morgan fingerprint density at radius 1 is 1.11 bits per heavy atom. The largest absolute Gasteiger partial charge is 0.454 e. The van der Waals surface area contributed by atoms with E-state index in [9.17, 15) is 9.59 Å². The summed E-state index contributed by atoms with van der Waals surface area (Å²) in [5.74, 6) is 0.610. The Balaban J connectivity index is 1.48. The summed E-state index contributed by atoms with van der Waals surface area (Å²) in [4.78, 5) is 25.0. The molecule has 0 saturated heterocycles. The maximum atomic E-state index is 12.7. The van der Waals surface area contributed by atoms with Crippen molar-refractivity contribution in [2.24, 2.45) is 0 Å². The molecule has 0 fully saturated rings. The Morgan fingerprint density at radius 3 is 2.64 bits per heavy atom. The van der Waals surface area contributed by atoms with Gasteiger partial charge < -0.3 is 9.26 Å². The molecule has 1 aromatic carbocycles. The van der Waals surface area contributed by atoms with Crippen molar-refractivity contribution in [1.29, 1.82) is 0 Å². The van der Waals surface area contributed by atoms with Crippen LogP contribution in [0.2, 0.25) is 0 Å². The molecule has 0 unspecified atom stereocenters. The average molecular weight is 378 g/mol. The predicted molar refractivity (Wildman–Crippen MR) is 103 cm³/mol. The second-order valence-corrected chi connectivity index (χ2v) is 7.25. The summed E-state index contributed by atoms with van der Waals surface area (Å²) in [5.41, 5.74) is 5.11. The lowest BCUT2D eigenvalue weighted by molar-refractivity contribution is 0.0474. The quantitative estimate of drug-likeness (QED) is 0.497. The van der Waals surface area contributed by atoms with Crippen LogP contribution in [0.1, 0.15) is 55.4 Å². The second-order valence-electron chi connectivity index (χ2n) is 7.25. The summed E-state index contributed by atoms with van der Waals surface area (Å²) in [5, 5.41) is 4.01. The lowest BCUT2D eigenvalue weighted by Crippen LogP contribution is -2.15. The molecular formula is C22H22N2O4. The normalized spacial score (nSPS) is 12.8. The minimum atomic E-state index is -0.469. The number of hydrogen-bond acceptors (Lipinski definition) is 5. The molecule has 3 aromatic rings. The first-order valence-corrected chi connectivity index (χ1v) is 9.39. The maximum absolute atomic E-state index is 12.7. The number of ketones is 1. The van der Waals surface area contributed by atoms with Crippen molar-refractivity contribution in [3.05, 3.63) is 69.7 Å². The number of benzene rings is 1. The van der Waals surface area contributed by atoms with Gasteiger partial charge in [-0.05, 0) is 69.4 Å². The van der Waals surface area contributed by atoms with E-state index in [0.717, 1.165) is 30.7 Å². The molecule has 0 bridgehead atoms. The number of rotatable bonds is 5. The van der Waals surface area contributed by atoms with Crippen molar-refractivity contribution in [2.45, 2.75) is 40.0 Å². The van der Waals surface area contributed by atoms with Crippen LogP contribution in [-0.4, -0.2) is 28.1 Å². The molecule has 6 heteroatoms. The van der Waals surface area contributed by atoms with Crippen molar-refractivity contribution in [3.8, 4) is 5.82 Å². The summed E-state index contributed by atoms with van der Waals surface area (Å²) < 4.78 is 12.3. The van der Waals surface area contributed by atoms with E-state index in [1.807, 2.05) is 43.5 Å². The van der Waals surface area contributed by atoms with E-state index in [2.05, 4.69) is 5.16 Å². The predicted octanol–water partition coefficient (Wildman–Crippen LogP) is 3.92. The van der Waals surface area contributed by atoms with E-state index in [1.54, 1.807) is 12.1 Å². The second kappa shape index (κ2) is 7.11. The van der Waals surface area contributed by atoms with Gasteiger partial charge in [-0.25, -0.2) is 4.79 Å². The fraction of sp³-hybridized carbons (Fsp3) is 0.318. The molecule has 2 aromatic heterocycles. The molecule has 0 saturated carbocycles. The molecular weight excluding hydrogens is 356 g/mol. The minimum absolute atomic E-state index is 0.242. The SMILES string of the molecule is Cc1cc(-n2c(C)cc(C(=O)COC(=O)c3ccc4c(c3)CCC4)c2C)no1. The monoisotopic (exact) mass is 378 g/mol. The number of Topliss-reactive ketones (excluding diaryl/α,β-unsaturated/α-hetero) is 1. The summed E-state index contributed by atoms with van der Waals surface area (Å²) in [6, 6.07) is 9.23. The van der Waals surface area contributed by atoms with Gasteiger partial charge in [0.25, 0.3) is 0 Å². The van der Waals surface area contributed by atoms with Gasteiger partial charge in [0.1, 0.15) is 5.76 Å². The molecule has 6 nitrogen and oxygen atoms in total. The number of carbonyl (C=O) groups excluding carboxylic acids is 2. The van der Waals surface area contributed by atoms with Crippen LogP contribution in [0, 0.1) is 20.8 Å². The number of aromatic nitrogens is 2. The summed E-state index contributed by atoms with van der Waals surface area (Å²) in [6.45, 7) is 5.25. The molecule has 1 aliphatic rings. The molecule has 0 atom stereocenters. The van der Waals surface area contributed by atoms with Crippen molar-refractivity contribution >= 4 is 11.8 Å². The Bertz CT molecular complexity index is 1070. The fourth-order valence-electron chi connectivity index (χ4n) is 3.85. The van der Waals surface area contributed by atoms with Crippen molar-refractivity contribution in [2.75, 3.05) is 6.61 Å². The van der Waals surface area contributed by atoms with E-state index >= 15 is 0 Å². The minimum Gasteiger partial charge on any atom is -0.454 e. The lowest BCUT2D eigenvalue weighted by Gasteiger charge is -2.07. The van der Waals surface area contributed by atoms with Gasteiger partial charge in [0.2, 0.25) is 5.78 Å². The highest BCUT2D eigenvalue weighted by Crippen LogP contribution is 2.24. The third-order valence-electron chi connectivity index (χ3n) is 5.24. The van der Waals surface area contributed by atoms with Crippen molar-refractivity contribution in [1.82, 2.24) is 9.72 Å². The summed E-state index contributed by atoms with van der Waals surface area (Å²) >= 11 is 0. The van der Waals surface area contributed by atoms with E-state index in [-0.39, 0.29) is 12.4 Å². The van der Waals surface area contributed by atoms with Crippen LogP contribution in [0.4, 0.5) is 0 Å². The van der Waals surface area contributed by atoms with Crippen molar-refractivity contribution in [3.63, 3.8) is 0 Å². The number of hydrogen-bond donors (Lipinski definition) is 0. The Hall–Kier alpha value is -3.15. The first-order valence-electron chi connectivity index (χ1n) is 9.39. The van der Waals surface area contributed by atoms with Crippen LogP contribution in [0.3, 0.4) is 0 Å². The molecule has 144 valence electrons. The van der Waals surface area contributed by atoms with Crippen LogP contribution in [0.15, 0.2) is 34.9 Å². The Labute approximate surface area is 163 Å². The zero-order chi connectivity index (χ0) is 19.8. The molecule has 1 aliphatic carbocycles. The van der Waals surface area contributed by atoms with Gasteiger partial charge in [-0.15, -0.1) is 0 Å². The third-order valence-corrected chi connectivity index (χ3v) is 5.24. The van der Waals surface area contributed by atoms with Gasteiger partial charge in [0, 0.05) is 23.0 Å². The molecule has 28 heavy (non-hydrogen) atoms. The number of nitrogens with zero attached hydrogens (tertiary/aromatic N) is 2. The topological polar surface area (TPSA) is 74.3 Å². The van der Waals surface area contributed by atoms with Gasteiger partial charge in [0.15, 0.2) is 12.4 Å². The van der Waals surface area contributed by atoms with E-state index in [1.165, 1.54) is 11.1 Å². The zero-order valence-corrected chi connectivity index (χ0v) is 16.2. The van der Waals surface area contributed by atoms with E-state index in [0.29, 0.717) is 22.7 Å². The highest BCUT2D eigenvalue weighted by Gasteiger charge is 2.20. The van der Waals surface area contributed by atoms with Gasteiger partial charge in [-0.1, -0.05) is 11.2 Å². The number of carbonyl (C=O) groups is 2. The number of fused-ring (bicyclic) bond motifs is 1. The molecule has 4 rings (SSSR count).